The Bertz CT molecular complexity index is 1050. The van der Waals surface area contributed by atoms with Crippen molar-refractivity contribution in [1.29, 1.82) is 0 Å². The van der Waals surface area contributed by atoms with Crippen LogP contribution in [0.1, 0.15) is 53.0 Å². The van der Waals surface area contributed by atoms with Gasteiger partial charge in [0.05, 0.1) is 6.61 Å². The highest BCUT2D eigenvalue weighted by atomic mass is 32.1. The molecular formula is C21H22N2O4S. The fourth-order valence-electron chi connectivity index (χ4n) is 3.06. The van der Waals surface area contributed by atoms with Gasteiger partial charge in [0.25, 0.3) is 0 Å². The zero-order valence-electron chi connectivity index (χ0n) is 15.9. The lowest BCUT2D eigenvalue weighted by Gasteiger charge is -2.19. The molecular weight excluding hydrogens is 376 g/mol. The van der Waals surface area contributed by atoms with Gasteiger partial charge in [-0.1, -0.05) is 13.3 Å². The van der Waals surface area contributed by atoms with Crippen molar-refractivity contribution in [3.63, 3.8) is 0 Å². The van der Waals surface area contributed by atoms with Crippen LogP contribution in [0.2, 0.25) is 0 Å². The van der Waals surface area contributed by atoms with Crippen LogP contribution >= 0.6 is 11.3 Å². The van der Waals surface area contributed by atoms with Gasteiger partial charge in [0, 0.05) is 28.4 Å². The van der Waals surface area contributed by atoms with Crippen LogP contribution in [0.5, 0.6) is 0 Å². The molecule has 1 aromatic carbocycles. The van der Waals surface area contributed by atoms with Gasteiger partial charge in [0.15, 0.2) is 5.78 Å². The zero-order chi connectivity index (χ0) is 20.3. The van der Waals surface area contributed by atoms with Crippen molar-refractivity contribution >= 4 is 44.9 Å². The van der Waals surface area contributed by atoms with Crippen LogP contribution in [0.4, 0.5) is 5.69 Å². The number of aromatic nitrogens is 1. The number of esters is 1. The van der Waals surface area contributed by atoms with Gasteiger partial charge in [-0.25, -0.2) is 0 Å². The molecule has 0 aliphatic heterocycles. The van der Waals surface area contributed by atoms with Gasteiger partial charge in [-0.2, -0.15) is 0 Å². The molecule has 28 heavy (non-hydrogen) atoms. The molecule has 0 saturated carbocycles. The van der Waals surface area contributed by atoms with E-state index in [0.29, 0.717) is 12.3 Å². The summed E-state index contributed by atoms with van der Waals surface area (Å²) >= 11 is 1.48. The van der Waals surface area contributed by atoms with Crippen LogP contribution in [-0.4, -0.2) is 28.8 Å². The maximum Gasteiger partial charge on any atom is 0.315 e. The number of nitrogens with zero attached hydrogens (tertiary/aromatic N) is 1. The van der Waals surface area contributed by atoms with Crippen LogP contribution in [0.15, 0.2) is 35.8 Å². The minimum atomic E-state index is -0.481. The number of benzene rings is 1. The molecule has 146 valence electrons. The second-order valence-corrected chi connectivity index (χ2v) is 7.31. The second-order valence-electron chi connectivity index (χ2n) is 6.42. The van der Waals surface area contributed by atoms with Gasteiger partial charge in [-0.15, -0.1) is 11.3 Å². The van der Waals surface area contributed by atoms with E-state index in [9.17, 15) is 14.4 Å². The Kier molecular flexibility index (Phi) is 5.94. The molecule has 0 amide bonds. The number of anilines is 1. The molecule has 2 aliphatic rings. The van der Waals surface area contributed by atoms with Gasteiger partial charge >= 0.3 is 5.97 Å². The summed E-state index contributed by atoms with van der Waals surface area (Å²) in [6, 6.07) is 7.56. The van der Waals surface area contributed by atoms with Gasteiger partial charge in [-0.05, 0) is 48.6 Å². The first-order chi connectivity index (χ1) is 13.5. The van der Waals surface area contributed by atoms with Crippen LogP contribution in [0.3, 0.4) is 0 Å². The van der Waals surface area contributed by atoms with Crippen molar-refractivity contribution in [3.8, 4) is 0 Å². The number of fused-ring (bicyclic) bond motifs is 3. The van der Waals surface area contributed by atoms with Crippen molar-refractivity contribution in [3.05, 3.63) is 52.5 Å². The van der Waals surface area contributed by atoms with Crippen LogP contribution in [-0.2, 0) is 16.0 Å². The van der Waals surface area contributed by atoms with Gasteiger partial charge in [0.2, 0.25) is 5.91 Å². The molecule has 0 unspecified atom stereocenters. The van der Waals surface area contributed by atoms with E-state index in [1.165, 1.54) is 15.9 Å². The van der Waals surface area contributed by atoms with Gasteiger partial charge < -0.3 is 10.5 Å². The Labute approximate surface area is 166 Å². The van der Waals surface area contributed by atoms with Crippen LogP contribution in [0.25, 0.3) is 10.2 Å². The predicted molar refractivity (Wildman–Crippen MR) is 110 cm³/mol. The summed E-state index contributed by atoms with van der Waals surface area (Å²) in [5.74, 6) is -0.617. The van der Waals surface area contributed by atoms with Crippen molar-refractivity contribution in [2.75, 3.05) is 12.3 Å². The number of nitrogens with two attached hydrogens (primary N) is 1. The lowest BCUT2D eigenvalue weighted by atomic mass is 9.85. The molecule has 7 heteroatoms. The van der Waals surface area contributed by atoms with Crippen molar-refractivity contribution < 1.29 is 19.1 Å². The normalized spacial score (nSPS) is 11.6. The Morgan fingerprint density at radius 1 is 1.21 bits per heavy atom. The molecule has 0 atom stereocenters. The molecule has 0 spiro atoms. The Balaban J connectivity index is 0.000000167. The maximum atomic E-state index is 11.8. The first-order valence-corrected chi connectivity index (χ1v) is 10.0. The summed E-state index contributed by atoms with van der Waals surface area (Å²) in [7, 11) is 0. The third-order valence-electron chi connectivity index (χ3n) is 4.46. The Morgan fingerprint density at radius 3 is 2.64 bits per heavy atom. The lowest BCUT2D eigenvalue weighted by molar-refractivity contribution is -0.142. The van der Waals surface area contributed by atoms with E-state index in [4.69, 9.17) is 10.5 Å². The smallest absolute Gasteiger partial charge is 0.315 e. The van der Waals surface area contributed by atoms with Crippen LogP contribution < -0.4 is 5.73 Å². The molecule has 0 radical (unpaired) electrons. The third kappa shape index (κ3) is 3.84. The Hall–Kier alpha value is -2.93. The van der Waals surface area contributed by atoms with E-state index < -0.39 is 5.97 Å². The largest absolute Gasteiger partial charge is 0.466 e. The molecule has 5 rings (SSSR count). The predicted octanol–water partition coefficient (Wildman–Crippen LogP) is 4.06. The topological polar surface area (TPSA) is 91.4 Å². The minimum absolute atomic E-state index is 0.118. The van der Waals surface area contributed by atoms with E-state index in [1.54, 1.807) is 13.1 Å². The number of ether oxygens (including phenoxy) is 1. The van der Waals surface area contributed by atoms with Crippen molar-refractivity contribution in [2.45, 2.75) is 33.1 Å². The fraction of sp³-hybridized carbons (Fsp3) is 0.286. The zero-order valence-corrected chi connectivity index (χ0v) is 16.7. The van der Waals surface area contributed by atoms with Gasteiger partial charge in [-0.3, -0.25) is 19.0 Å². The third-order valence-corrected chi connectivity index (χ3v) is 5.39. The molecule has 0 saturated heterocycles. The number of hydrogen-bond donors (Lipinski definition) is 1. The van der Waals surface area contributed by atoms with E-state index >= 15 is 0 Å². The molecule has 2 heterocycles. The number of ketones is 1. The number of hydrogen-bond acceptors (Lipinski definition) is 6. The average Bonchev–Trinajstić information content (AvgIpc) is 3.27. The first-order valence-electron chi connectivity index (χ1n) is 9.16. The highest BCUT2D eigenvalue weighted by Gasteiger charge is 2.25. The minimum Gasteiger partial charge on any atom is -0.466 e. The molecule has 0 fully saturated rings. The van der Waals surface area contributed by atoms with Gasteiger partial charge in [0.1, 0.15) is 11.3 Å². The number of carbonyl (C=O) groups excluding carboxylic acids is 3. The summed E-state index contributed by atoms with van der Waals surface area (Å²) < 4.78 is 6.23. The number of nitrogen functional groups attached to an aromatic ring is 1. The summed E-state index contributed by atoms with van der Waals surface area (Å²) in [6.07, 6.45) is 3.51. The molecule has 2 aliphatic carbocycles. The number of rotatable bonds is 5. The van der Waals surface area contributed by atoms with E-state index in [2.05, 4.69) is 6.92 Å². The summed E-state index contributed by atoms with van der Waals surface area (Å²) in [5.41, 5.74) is 9.14. The summed E-state index contributed by atoms with van der Waals surface area (Å²) in [6.45, 7) is 4.12. The van der Waals surface area contributed by atoms with Crippen molar-refractivity contribution in [1.82, 2.24) is 4.57 Å². The number of carbonyl (C=O) groups is 3. The van der Waals surface area contributed by atoms with Crippen molar-refractivity contribution in [2.24, 2.45) is 0 Å². The average molecular weight is 398 g/mol. The second kappa shape index (κ2) is 8.39. The highest BCUT2D eigenvalue weighted by molar-refractivity contribution is 7.16. The number of thiophene rings is 1. The molecule has 2 aromatic heterocycles. The van der Waals surface area contributed by atoms with E-state index in [1.807, 2.05) is 29.6 Å². The van der Waals surface area contributed by atoms with E-state index in [-0.39, 0.29) is 18.1 Å². The molecule has 2 bridgehead atoms. The molecule has 2 N–H and O–H groups in total. The summed E-state index contributed by atoms with van der Waals surface area (Å²) in [4.78, 5) is 35.0. The van der Waals surface area contributed by atoms with E-state index in [0.717, 1.165) is 39.7 Å². The quantitative estimate of drug-likeness (QED) is 0.311. The standard InChI is InChI=1S/C11H11NO3S.C10H11NO/c1-2-15-10(14)7-9(13)12-5-3-8-4-6-16-11(8)12;1-2-3-6-4-7-5-8(9(6)11)10(7)12/h3-6H,2,7H2,1H3;4-5H,2-3,11H2,1H3. The SMILES string of the molecule is CCCc1cc2cc(c1N)C2=O.CCOC(=O)CC(=O)n1ccc2ccsc21. The maximum absolute atomic E-state index is 11.8. The fourth-order valence-corrected chi connectivity index (χ4v) is 3.95. The Morgan fingerprint density at radius 2 is 2.00 bits per heavy atom. The monoisotopic (exact) mass is 398 g/mol. The van der Waals surface area contributed by atoms with Crippen LogP contribution in [0, 0.1) is 0 Å². The summed E-state index contributed by atoms with van der Waals surface area (Å²) in [5, 5.41) is 2.93. The lowest BCUT2D eigenvalue weighted by Crippen LogP contribution is -2.17. The first kappa shape index (κ1) is 19.8. The number of aryl methyl sites for hydroxylation is 1. The molecule has 3 aromatic rings. The molecule has 6 nitrogen and oxygen atoms in total. The highest BCUT2D eigenvalue weighted by Crippen LogP contribution is 2.31.